The Bertz CT molecular complexity index is 682. The smallest absolute Gasteiger partial charge is 0.167 e. The van der Waals surface area contributed by atoms with E-state index < -0.39 is 6.18 Å². The molecule has 0 heterocycles. The van der Waals surface area contributed by atoms with Crippen molar-refractivity contribution in [3.05, 3.63) is 76.9 Å². The van der Waals surface area contributed by atoms with Crippen LogP contribution in [0.1, 0.15) is 43.0 Å². The van der Waals surface area contributed by atoms with E-state index in [1.165, 1.54) is 0 Å². The summed E-state index contributed by atoms with van der Waals surface area (Å²) in [6.07, 6.45) is -3.98. The molecule has 2 aromatic carbocycles. The van der Waals surface area contributed by atoms with E-state index in [0.29, 0.717) is 17.2 Å². The van der Waals surface area contributed by atoms with Gasteiger partial charge in [0.25, 0.3) is 0 Å². The SMILES string of the molecule is Cc1ccc(/C(=C/C(F)(F)F)c2ccc(C(C)(C)C)cc2)cc1. The van der Waals surface area contributed by atoms with Crippen LogP contribution in [0.15, 0.2) is 54.6 Å². The summed E-state index contributed by atoms with van der Waals surface area (Å²) < 4.78 is 38.8. The minimum atomic E-state index is -4.36. The third-order valence-corrected chi connectivity index (χ3v) is 3.73. The summed E-state index contributed by atoms with van der Waals surface area (Å²) in [5.74, 6) is 0. The van der Waals surface area contributed by atoms with Crippen LogP contribution in [0.25, 0.3) is 5.57 Å². The van der Waals surface area contributed by atoms with Crippen molar-refractivity contribution < 1.29 is 13.2 Å². The highest BCUT2D eigenvalue weighted by Crippen LogP contribution is 2.31. The summed E-state index contributed by atoms with van der Waals surface area (Å²) in [7, 11) is 0. The first-order chi connectivity index (χ1) is 10.6. The Labute approximate surface area is 135 Å². The van der Waals surface area contributed by atoms with Crippen molar-refractivity contribution in [2.75, 3.05) is 0 Å². The van der Waals surface area contributed by atoms with E-state index in [2.05, 4.69) is 20.8 Å². The fraction of sp³-hybridized carbons (Fsp3) is 0.300. The zero-order valence-corrected chi connectivity index (χ0v) is 13.8. The van der Waals surface area contributed by atoms with Gasteiger partial charge >= 0.3 is 6.18 Å². The van der Waals surface area contributed by atoms with Crippen molar-refractivity contribution in [2.24, 2.45) is 0 Å². The van der Waals surface area contributed by atoms with E-state index >= 15 is 0 Å². The zero-order valence-electron chi connectivity index (χ0n) is 13.8. The van der Waals surface area contributed by atoms with Crippen LogP contribution in [0, 0.1) is 6.92 Å². The molecule has 0 amide bonds. The van der Waals surface area contributed by atoms with Crippen molar-refractivity contribution in [3.8, 4) is 0 Å². The van der Waals surface area contributed by atoms with Crippen LogP contribution in [0.3, 0.4) is 0 Å². The summed E-state index contributed by atoms with van der Waals surface area (Å²) >= 11 is 0. The second-order valence-electron chi connectivity index (χ2n) is 6.79. The average molecular weight is 318 g/mol. The molecular formula is C20H21F3. The topological polar surface area (TPSA) is 0 Å². The molecule has 3 heteroatoms. The molecule has 0 aromatic heterocycles. The third kappa shape index (κ3) is 4.72. The van der Waals surface area contributed by atoms with Gasteiger partial charge in [-0.15, -0.1) is 0 Å². The summed E-state index contributed by atoms with van der Waals surface area (Å²) in [6, 6.07) is 14.4. The first-order valence-electron chi connectivity index (χ1n) is 7.54. The Kier molecular flexibility index (Phi) is 4.69. The van der Waals surface area contributed by atoms with Gasteiger partial charge in [0.2, 0.25) is 0 Å². The molecule has 122 valence electrons. The van der Waals surface area contributed by atoms with Crippen LogP contribution >= 0.6 is 0 Å². The molecule has 0 N–H and O–H groups in total. The number of halogens is 3. The van der Waals surface area contributed by atoms with Gasteiger partial charge < -0.3 is 0 Å². The molecule has 0 unspecified atom stereocenters. The second-order valence-corrected chi connectivity index (χ2v) is 6.79. The van der Waals surface area contributed by atoms with Crippen molar-refractivity contribution in [1.29, 1.82) is 0 Å². The molecule has 0 aliphatic carbocycles. The molecule has 0 saturated carbocycles. The Hall–Kier alpha value is -2.03. The second kappa shape index (κ2) is 6.23. The van der Waals surface area contributed by atoms with Gasteiger partial charge in [-0.25, -0.2) is 0 Å². The Morgan fingerprint density at radius 2 is 1.22 bits per heavy atom. The molecular weight excluding hydrogens is 297 g/mol. The predicted octanol–water partition coefficient (Wildman–Crippen LogP) is 6.29. The lowest BCUT2D eigenvalue weighted by Gasteiger charge is -2.20. The quantitative estimate of drug-likeness (QED) is 0.610. The number of alkyl halides is 3. The van der Waals surface area contributed by atoms with Gasteiger partial charge in [0.05, 0.1) is 0 Å². The maximum Gasteiger partial charge on any atom is 0.410 e. The van der Waals surface area contributed by atoms with Crippen LogP contribution in [0.2, 0.25) is 0 Å². The predicted molar refractivity (Wildman–Crippen MR) is 89.5 cm³/mol. The Morgan fingerprint density at radius 3 is 1.61 bits per heavy atom. The van der Waals surface area contributed by atoms with E-state index in [-0.39, 0.29) is 11.0 Å². The highest BCUT2D eigenvalue weighted by atomic mass is 19.4. The lowest BCUT2D eigenvalue weighted by Crippen LogP contribution is -2.11. The molecule has 0 bridgehead atoms. The van der Waals surface area contributed by atoms with Crippen molar-refractivity contribution in [1.82, 2.24) is 0 Å². The first-order valence-corrected chi connectivity index (χ1v) is 7.54. The third-order valence-electron chi connectivity index (χ3n) is 3.73. The largest absolute Gasteiger partial charge is 0.410 e. The number of rotatable bonds is 2. The van der Waals surface area contributed by atoms with Gasteiger partial charge in [0.1, 0.15) is 0 Å². The van der Waals surface area contributed by atoms with E-state index in [1.807, 2.05) is 31.2 Å². The number of hydrogen-bond donors (Lipinski definition) is 0. The van der Waals surface area contributed by atoms with Gasteiger partial charge in [-0.05, 0) is 34.6 Å². The highest BCUT2D eigenvalue weighted by molar-refractivity contribution is 5.80. The van der Waals surface area contributed by atoms with Crippen molar-refractivity contribution >= 4 is 5.57 Å². The average Bonchev–Trinajstić information content (AvgIpc) is 2.44. The summed E-state index contributed by atoms with van der Waals surface area (Å²) in [6.45, 7) is 8.15. The monoisotopic (exact) mass is 318 g/mol. The molecule has 0 fully saturated rings. The van der Waals surface area contributed by atoms with Crippen molar-refractivity contribution in [2.45, 2.75) is 39.3 Å². The Morgan fingerprint density at radius 1 is 0.783 bits per heavy atom. The minimum absolute atomic E-state index is 0.0315. The van der Waals surface area contributed by atoms with Gasteiger partial charge in [-0.2, -0.15) is 13.2 Å². The van der Waals surface area contributed by atoms with Crippen LogP contribution in [0.5, 0.6) is 0 Å². The molecule has 0 radical (unpaired) electrons. The molecule has 2 rings (SSSR count). The van der Waals surface area contributed by atoms with Crippen LogP contribution in [-0.4, -0.2) is 6.18 Å². The highest BCUT2D eigenvalue weighted by Gasteiger charge is 2.25. The normalized spacial score (nSPS) is 13.3. The lowest BCUT2D eigenvalue weighted by atomic mass is 9.85. The van der Waals surface area contributed by atoms with E-state index in [9.17, 15) is 13.2 Å². The maximum absolute atomic E-state index is 12.9. The van der Waals surface area contributed by atoms with Gasteiger partial charge in [-0.3, -0.25) is 0 Å². The maximum atomic E-state index is 12.9. The number of allylic oxidation sites excluding steroid dienone is 1. The fourth-order valence-electron chi connectivity index (χ4n) is 2.38. The summed E-state index contributed by atoms with van der Waals surface area (Å²) in [5.41, 5.74) is 3.41. The van der Waals surface area contributed by atoms with E-state index in [0.717, 1.165) is 11.1 Å². The zero-order chi connectivity index (χ0) is 17.3. The van der Waals surface area contributed by atoms with Gasteiger partial charge in [-0.1, -0.05) is 74.9 Å². The summed E-state index contributed by atoms with van der Waals surface area (Å²) in [5, 5.41) is 0. The van der Waals surface area contributed by atoms with Crippen LogP contribution in [-0.2, 0) is 5.41 Å². The summed E-state index contributed by atoms with van der Waals surface area (Å²) in [4.78, 5) is 0. The number of hydrogen-bond acceptors (Lipinski definition) is 0. The number of benzene rings is 2. The molecule has 0 aliphatic heterocycles. The molecule has 23 heavy (non-hydrogen) atoms. The van der Waals surface area contributed by atoms with E-state index in [4.69, 9.17) is 0 Å². The van der Waals surface area contributed by atoms with Crippen LogP contribution < -0.4 is 0 Å². The van der Waals surface area contributed by atoms with Crippen LogP contribution in [0.4, 0.5) is 13.2 Å². The standard InChI is InChI=1S/C20H21F3/c1-14-5-7-15(8-6-14)18(13-20(21,22)23)16-9-11-17(12-10-16)19(2,3)4/h5-13H,1-4H3/b18-13-. The van der Waals surface area contributed by atoms with Gasteiger partial charge in [0.15, 0.2) is 0 Å². The van der Waals surface area contributed by atoms with Gasteiger partial charge in [0, 0.05) is 6.08 Å². The van der Waals surface area contributed by atoms with E-state index in [1.54, 1.807) is 24.3 Å². The Balaban J connectivity index is 2.50. The molecule has 0 nitrogen and oxygen atoms in total. The minimum Gasteiger partial charge on any atom is -0.167 e. The molecule has 0 aliphatic rings. The molecule has 0 atom stereocenters. The molecule has 0 spiro atoms. The van der Waals surface area contributed by atoms with Crippen molar-refractivity contribution in [3.63, 3.8) is 0 Å². The lowest BCUT2D eigenvalue weighted by molar-refractivity contribution is -0.0793. The first kappa shape index (κ1) is 17.3. The number of aryl methyl sites for hydroxylation is 1. The molecule has 2 aromatic rings. The fourth-order valence-corrected chi connectivity index (χ4v) is 2.38. The molecule has 0 saturated heterocycles.